The summed E-state index contributed by atoms with van der Waals surface area (Å²) in [5.41, 5.74) is 2.26. The fourth-order valence-electron chi connectivity index (χ4n) is 3.64. The predicted octanol–water partition coefficient (Wildman–Crippen LogP) is 4.01. The maximum absolute atomic E-state index is 13.1. The minimum absolute atomic E-state index is 0.104. The first-order valence-electron chi connectivity index (χ1n) is 10.2. The van der Waals surface area contributed by atoms with Gasteiger partial charge in [-0.25, -0.2) is 4.39 Å². The number of ether oxygens (including phenoxy) is 1. The second kappa shape index (κ2) is 9.07. The SMILES string of the molecule is COc1ccc(NC(=O)c2oc3c(c2C)/C(=N/NS(=O)(=O)c2ccc(F)cc2)CCC3)cc1. The van der Waals surface area contributed by atoms with Crippen LogP contribution in [0.3, 0.4) is 0 Å². The number of benzene rings is 2. The summed E-state index contributed by atoms with van der Waals surface area (Å²) in [6.45, 7) is 1.74. The Balaban J connectivity index is 1.57. The van der Waals surface area contributed by atoms with Gasteiger partial charge >= 0.3 is 0 Å². The van der Waals surface area contributed by atoms with Crippen LogP contribution in [0.5, 0.6) is 5.75 Å². The number of amides is 1. The molecule has 1 aromatic heterocycles. The summed E-state index contributed by atoms with van der Waals surface area (Å²) in [5.74, 6) is 0.441. The van der Waals surface area contributed by atoms with E-state index in [1.807, 2.05) is 0 Å². The van der Waals surface area contributed by atoms with E-state index < -0.39 is 21.7 Å². The number of carbonyl (C=O) groups is 1. The number of methoxy groups -OCH3 is 1. The molecule has 33 heavy (non-hydrogen) atoms. The third-order valence-electron chi connectivity index (χ3n) is 5.30. The van der Waals surface area contributed by atoms with E-state index in [9.17, 15) is 17.6 Å². The molecular weight excluding hydrogens is 449 g/mol. The van der Waals surface area contributed by atoms with E-state index >= 15 is 0 Å². The number of fused-ring (bicyclic) bond motifs is 1. The molecule has 172 valence electrons. The molecule has 1 amide bonds. The van der Waals surface area contributed by atoms with E-state index in [0.717, 1.165) is 24.3 Å². The highest BCUT2D eigenvalue weighted by Gasteiger charge is 2.28. The van der Waals surface area contributed by atoms with Crippen LogP contribution in [-0.2, 0) is 16.4 Å². The van der Waals surface area contributed by atoms with Gasteiger partial charge in [-0.3, -0.25) is 4.79 Å². The van der Waals surface area contributed by atoms with Crippen LogP contribution in [0.2, 0.25) is 0 Å². The Hall–Kier alpha value is -3.66. The van der Waals surface area contributed by atoms with E-state index in [2.05, 4.69) is 15.2 Å². The molecule has 0 saturated carbocycles. The van der Waals surface area contributed by atoms with Gasteiger partial charge in [0.1, 0.15) is 17.3 Å². The molecule has 10 heteroatoms. The lowest BCUT2D eigenvalue weighted by atomic mass is 9.93. The maximum atomic E-state index is 13.1. The van der Waals surface area contributed by atoms with Crippen LogP contribution in [0.15, 0.2) is 62.9 Å². The molecule has 0 spiro atoms. The Labute approximate surface area is 190 Å². The largest absolute Gasteiger partial charge is 0.497 e. The van der Waals surface area contributed by atoms with Crippen molar-refractivity contribution in [3.8, 4) is 5.75 Å². The highest BCUT2D eigenvalue weighted by atomic mass is 32.2. The summed E-state index contributed by atoms with van der Waals surface area (Å²) < 4.78 is 49.1. The molecule has 3 aromatic rings. The first-order chi connectivity index (χ1) is 15.8. The Morgan fingerprint density at radius 3 is 2.45 bits per heavy atom. The number of sulfonamides is 1. The number of hydrazone groups is 1. The molecule has 0 bridgehead atoms. The molecule has 4 rings (SSSR count). The van der Waals surface area contributed by atoms with Crippen molar-refractivity contribution >= 4 is 27.3 Å². The minimum Gasteiger partial charge on any atom is -0.497 e. The number of carbonyl (C=O) groups excluding carboxylic acids is 1. The molecule has 1 aliphatic carbocycles. The van der Waals surface area contributed by atoms with E-state index in [1.54, 1.807) is 38.3 Å². The summed E-state index contributed by atoms with van der Waals surface area (Å²) >= 11 is 0. The zero-order chi connectivity index (χ0) is 23.6. The van der Waals surface area contributed by atoms with E-state index in [-0.39, 0.29) is 10.7 Å². The van der Waals surface area contributed by atoms with Crippen molar-refractivity contribution in [2.45, 2.75) is 31.1 Å². The number of rotatable bonds is 6. The van der Waals surface area contributed by atoms with Crippen molar-refractivity contribution in [1.82, 2.24) is 4.83 Å². The zero-order valence-corrected chi connectivity index (χ0v) is 18.8. The van der Waals surface area contributed by atoms with Crippen LogP contribution in [0.25, 0.3) is 0 Å². The Bertz CT molecular complexity index is 1310. The Morgan fingerprint density at radius 2 is 1.79 bits per heavy atom. The number of aryl methyl sites for hydroxylation is 1. The van der Waals surface area contributed by atoms with Gasteiger partial charge in [0, 0.05) is 23.2 Å². The second-order valence-corrected chi connectivity index (χ2v) is 9.16. The second-order valence-electron chi connectivity index (χ2n) is 7.50. The number of hydrogen-bond acceptors (Lipinski definition) is 6. The van der Waals surface area contributed by atoms with Gasteiger partial charge in [-0.1, -0.05) is 0 Å². The van der Waals surface area contributed by atoms with Crippen LogP contribution >= 0.6 is 0 Å². The average Bonchev–Trinajstić information content (AvgIpc) is 3.16. The van der Waals surface area contributed by atoms with E-state index in [4.69, 9.17) is 9.15 Å². The van der Waals surface area contributed by atoms with Crippen molar-refractivity contribution in [1.29, 1.82) is 0 Å². The topological polar surface area (TPSA) is 110 Å². The van der Waals surface area contributed by atoms with Crippen molar-refractivity contribution in [3.63, 3.8) is 0 Å². The van der Waals surface area contributed by atoms with Gasteiger partial charge in [0.05, 0.1) is 17.7 Å². The highest BCUT2D eigenvalue weighted by molar-refractivity contribution is 7.89. The van der Waals surface area contributed by atoms with Crippen LogP contribution < -0.4 is 14.9 Å². The zero-order valence-electron chi connectivity index (χ0n) is 18.0. The molecule has 1 aliphatic rings. The van der Waals surface area contributed by atoms with Crippen molar-refractivity contribution in [2.75, 3.05) is 12.4 Å². The van der Waals surface area contributed by atoms with Crippen LogP contribution in [0.4, 0.5) is 10.1 Å². The molecule has 2 aromatic carbocycles. The van der Waals surface area contributed by atoms with E-state index in [0.29, 0.717) is 53.3 Å². The first kappa shape index (κ1) is 22.5. The van der Waals surface area contributed by atoms with Crippen LogP contribution in [0, 0.1) is 12.7 Å². The van der Waals surface area contributed by atoms with Gasteiger partial charge < -0.3 is 14.5 Å². The number of furan rings is 1. The molecule has 1 heterocycles. The number of nitrogens with zero attached hydrogens (tertiary/aromatic N) is 1. The first-order valence-corrected chi connectivity index (χ1v) is 11.7. The van der Waals surface area contributed by atoms with Crippen molar-refractivity contribution in [3.05, 3.63) is 77.0 Å². The van der Waals surface area contributed by atoms with Gasteiger partial charge in [0.2, 0.25) is 0 Å². The normalized spacial score (nSPS) is 14.6. The summed E-state index contributed by atoms with van der Waals surface area (Å²) in [7, 11) is -2.41. The molecule has 2 N–H and O–H groups in total. The van der Waals surface area contributed by atoms with Crippen LogP contribution in [-0.4, -0.2) is 27.1 Å². The molecule has 8 nitrogen and oxygen atoms in total. The maximum Gasteiger partial charge on any atom is 0.291 e. The predicted molar refractivity (Wildman–Crippen MR) is 121 cm³/mol. The van der Waals surface area contributed by atoms with Crippen molar-refractivity contribution < 1.29 is 26.8 Å². The van der Waals surface area contributed by atoms with Gasteiger partial charge in [-0.2, -0.15) is 18.4 Å². The lowest BCUT2D eigenvalue weighted by Crippen LogP contribution is -2.22. The smallest absolute Gasteiger partial charge is 0.291 e. The van der Waals surface area contributed by atoms with E-state index in [1.165, 1.54) is 0 Å². The number of anilines is 1. The molecule has 0 fully saturated rings. The fourth-order valence-corrected chi connectivity index (χ4v) is 4.47. The lowest BCUT2D eigenvalue weighted by molar-refractivity contribution is 0.0994. The number of halogens is 1. The summed E-state index contributed by atoms with van der Waals surface area (Å²) in [6.07, 6.45) is 1.81. The van der Waals surface area contributed by atoms with Gasteiger partial charge in [-0.15, -0.1) is 0 Å². The van der Waals surface area contributed by atoms with Crippen molar-refractivity contribution in [2.24, 2.45) is 5.10 Å². The monoisotopic (exact) mass is 471 g/mol. The van der Waals surface area contributed by atoms with Gasteiger partial charge in [0.25, 0.3) is 15.9 Å². The number of hydrogen-bond donors (Lipinski definition) is 2. The molecule has 0 saturated heterocycles. The standard InChI is InChI=1S/C23H22FN3O5S/c1-14-21-19(26-27-33(29,30)18-12-6-15(24)7-13-18)4-3-5-20(21)32-22(14)23(28)25-16-8-10-17(31-2)11-9-16/h6-13,27H,3-5H2,1-2H3,(H,25,28)/b26-19+. The quantitative estimate of drug-likeness (QED) is 0.528. The third kappa shape index (κ3) is 4.75. The molecule has 0 radical (unpaired) electrons. The fraction of sp³-hybridized carbons (Fsp3) is 0.217. The molecule has 0 aliphatic heterocycles. The lowest BCUT2D eigenvalue weighted by Gasteiger charge is -2.14. The Kier molecular flexibility index (Phi) is 6.19. The summed E-state index contributed by atoms with van der Waals surface area (Å²) in [5, 5.41) is 6.90. The molecule has 0 atom stereocenters. The molecular formula is C23H22FN3O5S. The van der Waals surface area contributed by atoms with Gasteiger partial charge in [0.15, 0.2) is 5.76 Å². The summed E-state index contributed by atoms with van der Waals surface area (Å²) in [6, 6.07) is 11.3. The average molecular weight is 472 g/mol. The van der Waals surface area contributed by atoms with Gasteiger partial charge in [-0.05, 0) is 68.3 Å². The third-order valence-corrected chi connectivity index (χ3v) is 6.53. The highest BCUT2D eigenvalue weighted by Crippen LogP contribution is 2.30. The minimum atomic E-state index is -3.97. The number of nitrogens with one attached hydrogen (secondary N) is 2. The van der Waals surface area contributed by atoms with Crippen LogP contribution in [0.1, 0.15) is 40.3 Å². The molecule has 0 unspecified atom stereocenters. The Morgan fingerprint density at radius 1 is 1.09 bits per heavy atom. The summed E-state index contributed by atoms with van der Waals surface area (Å²) in [4.78, 5) is 14.9.